The third kappa shape index (κ3) is 4.69. The molecule has 1 atom stereocenters. The molecule has 148 valence electrons. The fourth-order valence-electron chi connectivity index (χ4n) is 3.83. The van der Waals surface area contributed by atoms with Crippen molar-refractivity contribution >= 4 is 5.91 Å². The van der Waals surface area contributed by atoms with Crippen LogP contribution in [0.1, 0.15) is 28.8 Å². The average Bonchev–Trinajstić information content (AvgIpc) is 2.79. The van der Waals surface area contributed by atoms with Crippen LogP contribution in [0, 0.1) is 12.8 Å². The SMILES string of the molecule is Cc1cc(-c2cncc(-c3ccncc3)c2)ccc1C(=O)NCC1CCCNC1. The zero-order valence-corrected chi connectivity index (χ0v) is 16.7. The van der Waals surface area contributed by atoms with Gasteiger partial charge in [-0.1, -0.05) is 12.1 Å². The van der Waals surface area contributed by atoms with Crippen LogP contribution in [0.25, 0.3) is 22.3 Å². The number of hydrogen-bond donors (Lipinski definition) is 2. The van der Waals surface area contributed by atoms with Gasteiger partial charge in [-0.05, 0) is 79.7 Å². The number of carbonyl (C=O) groups excluding carboxylic acids is 1. The number of pyridine rings is 2. The number of benzene rings is 1. The topological polar surface area (TPSA) is 66.9 Å². The predicted molar refractivity (Wildman–Crippen MR) is 116 cm³/mol. The van der Waals surface area contributed by atoms with Gasteiger partial charge in [0.05, 0.1) is 0 Å². The Balaban J connectivity index is 1.49. The Hall–Kier alpha value is -3.05. The number of carbonyl (C=O) groups is 1. The van der Waals surface area contributed by atoms with Gasteiger partial charge in [0.1, 0.15) is 0 Å². The summed E-state index contributed by atoms with van der Waals surface area (Å²) in [6, 6.07) is 12.0. The van der Waals surface area contributed by atoms with Gasteiger partial charge in [-0.2, -0.15) is 0 Å². The number of hydrogen-bond acceptors (Lipinski definition) is 4. The lowest BCUT2D eigenvalue weighted by Gasteiger charge is -2.23. The van der Waals surface area contributed by atoms with Gasteiger partial charge in [-0.3, -0.25) is 14.8 Å². The van der Waals surface area contributed by atoms with Crippen LogP contribution >= 0.6 is 0 Å². The molecule has 0 saturated carbocycles. The molecule has 2 aromatic heterocycles. The zero-order valence-electron chi connectivity index (χ0n) is 16.7. The van der Waals surface area contributed by atoms with E-state index in [1.54, 1.807) is 12.4 Å². The first-order chi connectivity index (χ1) is 14.2. The summed E-state index contributed by atoms with van der Waals surface area (Å²) in [7, 11) is 0. The first-order valence-corrected chi connectivity index (χ1v) is 10.2. The number of nitrogens with one attached hydrogen (secondary N) is 2. The lowest BCUT2D eigenvalue weighted by Crippen LogP contribution is -2.38. The normalized spacial score (nSPS) is 16.4. The molecule has 3 aromatic rings. The second-order valence-electron chi connectivity index (χ2n) is 7.65. The molecule has 0 bridgehead atoms. The molecule has 1 fully saturated rings. The molecule has 1 unspecified atom stereocenters. The number of amides is 1. The van der Waals surface area contributed by atoms with Gasteiger partial charge in [-0.25, -0.2) is 0 Å². The number of aromatic nitrogens is 2. The molecule has 3 heterocycles. The molecule has 0 radical (unpaired) electrons. The van der Waals surface area contributed by atoms with Crippen LogP contribution in [0.3, 0.4) is 0 Å². The van der Waals surface area contributed by atoms with Gasteiger partial charge in [0.15, 0.2) is 0 Å². The molecule has 29 heavy (non-hydrogen) atoms. The maximum absolute atomic E-state index is 12.6. The molecule has 2 N–H and O–H groups in total. The molecular weight excluding hydrogens is 360 g/mol. The van der Waals surface area contributed by atoms with Crippen molar-refractivity contribution in [2.45, 2.75) is 19.8 Å². The summed E-state index contributed by atoms with van der Waals surface area (Å²) in [5.41, 5.74) is 5.91. The van der Waals surface area contributed by atoms with Gasteiger partial charge in [-0.15, -0.1) is 0 Å². The highest BCUT2D eigenvalue weighted by Crippen LogP contribution is 2.26. The molecule has 0 spiro atoms. The van der Waals surface area contributed by atoms with E-state index in [2.05, 4.69) is 32.7 Å². The monoisotopic (exact) mass is 386 g/mol. The molecular formula is C24H26N4O. The molecule has 1 aliphatic heterocycles. The highest BCUT2D eigenvalue weighted by Gasteiger charge is 2.16. The lowest BCUT2D eigenvalue weighted by atomic mass is 9.97. The van der Waals surface area contributed by atoms with Gasteiger partial charge in [0.2, 0.25) is 0 Å². The van der Waals surface area contributed by atoms with Crippen LogP contribution in [0.4, 0.5) is 0 Å². The van der Waals surface area contributed by atoms with Gasteiger partial charge >= 0.3 is 0 Å². The smallest absolute Gasteiger partial charge is 0.251 e. The van der Waals surface area contributed by atoms with E-state index in [1.165, 1.54) is 12.8 Å². The first kappa shape index (κ1) is 19.3. The van der Waals surface area contributed by atoms with E-state index in [-0.39, 0.29) is 5.91 Å². The summed E-state index contributed by atoms with van der Waals surface area (Å²) in [6.45, 7) is 4.78. The summed E-state index contributed by atoms with van der Waals surface area (Å²) >= 11 is 0. The molecule has 1 saturated heterocycles. The minimum atomic E-state index is 0.00304. The Kier molecular flexibility index (Phi) is 5.96. The number of rotatable bonds is 5. The summed E-state index contributed by atoms with van der Waals surface area (Å²) in [6.07, 6.45) is 9.63. The van der Waals surface area contributed by atoms with Crippen molar-refractivity contribution in [2.24, 2.45) is 5.92 Å². The van der Waals surface area contributed by atoms with E-state index in [0.717, 1.165) is 53.0 Å². The summed E-state index contributed by atoms with van der Waals surface area (Å²) < 4.78 is 0. The fraction of sp³-hybridized carbons (Fsp3) is 0.292. The minimum Gasteiger partial charge on any atom is -0.352 e. The van der Waals surface area contributed by atoms with Crippen LogP contribution in [-0.2, 0) is 0 Å². The summed E-state index contributed by atoms with van der Waals surface area (Å²) in [5, 5.41) is 6.49. The fourth-order valence-corrected chi connectivity index (χ4v) is 3.83. The molecule has 1 aromatic carbocycles. The second-order valence-corrected chi connectivity index (χ2v) is 7.65. The van der Waals surface area contributed by atoms with Crippen molar-refractivity contribution in [3.8, 4) is 22.3 Å². The van der Waals surface area contributed by atoms with Crippen molar-refractivity contribution in [1.29, 1.82) is 0 Å². The molecule has 1 amide bonds. The van der Waals surface area contributed by atoms with E-state index < -0.39 is 0 Å². The highest BCUT2D eigenvalue weighted by atomic mass is 16.1. The van der Waals surface area contributed by atoms with Crippen LogP contribution in [0.2, 0.25) is 0 Å². The maximum atomic E-state index is 12.6. The summed E-state index contributed by atoms with van der Waals surface area (Å²) in [4.78, 5) is 21.1. The lowest BCUT2D eigenvalue weighted by molar-refractivity contribution is 0.0944. The van der Waals surface area contributed by atoms with E-state index in [4.69, 9.17) is 0 Å². The van der Waals surface area contributed by atoms with Crippen molar-refractivity contribution in [2.75, 3.05) is 19.6 Å². The van der Waals surface area contributed by atoms with Gasteiger partial charge in [0, 0.05) is 48.0 Å². The standard InChI is InChI=1S/C24H26N4O/c1-17-11-20(22-12-21(15-27-16-22)19-6-9-25-10-7-19)4-5-23(17)24(29)28-14-18-3-2-8-26-13-18/h4-7,9-12,15-16,18,26H,2-3,8,13-14H2,1H3,(H,28,29). The van der Waals surface area contributed by atoms with E-state index in [9.17, 15) is 4.79 Å². The van der Waals surface area contributed by atoms with Crippen molar-refractivity contribution in [3.05, 3.63) is 72.3 Å². The number of piperidine rings is 1. The summed E-state index contributed by atoms with van der Waals surface area (Å²) in [5.74, 6) is 0.526. The zero-order chi connectivity index (χ0) is 20.1. The predicted octanol–water partition coefficient (Wildman–Crippen LogP) is 3.85. The van der Waals surface area contributed by atoms with E-state index in [1.807, 2.05) is 43.6 Å². The number of aryl methyl sites for hydroxylation is 1. The van der Waals surface area contributed by atoms with Crippen LogP contribution in [0.5, 0.6) is 0 Å². The third-order valence-corrected chi connectivity index (χ3v) is 5.51. The molecule has 1 aliphatic rings. The first-order valence-electron chi connectivity index (χ1n) is 10.2. The third-order valence-electron chi connectivity index (χ3n) is 5.51. The van der Waals surface area contributed by atoms with E-state index in [0.29, 0.717) is 5.92 Å². The van der Waals surface area contributed by atoms with Crippen LogP contribution in [-0.4, -0.2) is 35.5 Å². The Morgan fingerprint density at radius 2 is 1.83 bits per heavy atom. The number of nitrogens with zero attached hydrogens (tertiary/aromatic N) is 2. The van der Waals surface area contributed by atoms with Crippen LogP contribution in [0.15, 0.2) is 61.2 Å². The van der Waals surface area contributed by atoms with Crippen molar-refractivity contribution < 1.29 is 4.79 Å². The van der Waals surface area contributed by atoms with Crippen LogP contribution < -0.4 is 10.6 Å². The quantitative estimate of drug-likeness (QED) is 0.699. The minimum absolute atomic E-state index is 0.00304. The molecule has 5 nitrogen and oxygen atoms in total. The van der Waals surface area contributed by atoms with Crippen molar-refractivity contribution in [3.63, 3.8) is 0 Å². The van der Waals surface area contributed by atoms with Gasteiger partial charge < -0.3 is 10.6 Å². The maximum Gasteiger partial charge on any atom is 0.251 e. The Labute approximate surface area is 171 Å². The largest absolute Gasteiger partial charge is 0.352 e. The highest BCUT2D eigenvalue weighted by molar-refractivity contribution is 5.96. The Bertz CT molecular complexity index is 981. The average molecular weight is 386 g/mol. The second kappa shape index (κ2) is 8.97. The van der Waals surface area contributed by atoms with Crippen molar-refractivity contribution in [1.82, 2.24) is 20.6 Å². The molecule has 0 aliphatic carbocycles. The Morgan fingerprint density at radius 1 is 1.03 bits per heavy atom. The molecule has 5 heteroatoms. The molecule has 4 rings (SSSR count). The van der Waals surface area contributed by atoms with E-state index >= 15 is 0 Å². The Morgan fingerprint density at radius 3 is 2.55 bits per heavy atom. The van der Waals surface area contributed by atoms with Gasteiger partial charge in [0.25, 0.3) is 5.91 Å².